The van der Waals surface area contributed by atoms with E-state index in [1.165, 1.54) is 11.3 Å². The highest BCUT2D eigenvalue weighted by Gasteiger charge is 2.49. The lowest BCUT2D eigenvalue weighted by atomic mass is 9.69. The molecule has 1 aliphatic heterocycles. The van der Waals surface area contributed by atoms with Crippen molar-refractivity contribution in [1.29, 1.82) is 0 Å². The number of hydrogen-bond acceptors (Lipinski definition) is 8. The highest BCUT2D eigenvalue weighted by molar-refractivity contribution is 7.21. The molecule has 0 saturated carbocycles. The number of ether oxygens (including phenoxy) is 1. The molecule has 0 radical (unpaired) electrons. The Morgan fingerprint density at radius 2 is 1.88 bits per heavy atom. The second kappa shape index (κ2) is 10.0. The van der Waals surface area contributed by atoms with Crippen LogP contribution in [-0.4, -0.2) is 43.3 Å². The second-order valence-corrected chi connectivity index (χ2v) is 11.9. The first-order valence-electron chi connectivity index (χ1n) is 13.4. The van der Waals surface area contributed by atoms with Crippen LogP contribution in [-0.2, 0) is 10.3 Å². The smallest absolute Gasteiger partial charge is 0.261 e. The largest absolute Gasteiger partial charge is 0.457 e. The first-order chi connectivity index (χ1) is 19.2. The number of nitrogens with two attached hydrogens (primary N) is 3. The van der Waals surface area contributed by atoms with Crippen LogP contribution in [0.4, 0.5) is 5.69 Å². The number of carbonyl (C=O) groups is 2. The first kappa shape index (κ1) is 26.5. The third-order valence-electron chi connectivity index (χ3n) is 8.16. The summed E-state index contributed by atoms with van der Waals surface area (Å²) in [4.78, 5) is 30.2. The van der Waals surface area contributed by atoms with Crippen molar-refractivity contribution in [3.8, 4) is 11.5 Å². The molecule has 2 aliphatic rings. The maximum atomic E-state index is 14.1. The molecule has 2 heterocycles. The number of nitrogen functional groups attached to an aromatic ring is 1. The Kier molecular flexibility index (Phi) is 6.62. The van der Waals surface area contributed by atoms with Gasteiger partial charge in [0.05, 0.1) is 15.6 Å². The van der Waals surface area contributed by atoms with Crippen molar-refractivity contribution in [2.45, 2.75) is 24.9 Å². The van der Waals surface area contributed by atoms with Crippen LogP contribution in [0.1, 0.15) is 44.4 Å². The number of amides is 1. The molecule has 1 aliphatic carbocycles. The quantitative estimate of drug-likeness (QED) is 0.264. The van der Waals surface area contributed by atoms with E-state index < -0.39 is 11.6 Å². The molecule has 40 heavy (non-hydrogen) atoms. The fourth-order valence-corrected chi connectivity index (χ4v) is 7.32. The van der Waals surface area contributed by atoms with E-state index in [4.69, 9.17) is 21.9 Å². The molecular weight excluding hydrogens is 522 g/mol. The molecule has 6 rings (SSSR count). The van der Waals surface area contributed by atoms with Gasteiger partial charge in [-0.25, -0.2) is 0 Å². The number of rotatable bonds is 6. The molecule has 1 aromatic heterocycles. The van der Waals surface area contributed by atoms with Crippen LogP contribution in [0.5, 0.6) is 11.5 Å². The van der Waals surface area contributed by atoms with Crippen LogP contribution in [0, 0.1) is 12.8 Å². The maximum Gasteiger partial charge on any atom is 0.261 e. The third-order valence-corrected chi connectivity index (χ3v) is 9.41. The average molecular weight is 556 g/mol. The Morgan fingerprint density at radius 1 is 1.12 bits per heavy atom. The van der Waals surface area contributed by atoms with E-state index in [1.807, 2.05) is 49.4 Å². The molecule has 9 heteroatoms. The summed E-state index contributed by atoms with van der Waals surface area (Å²) in [6.07, 6.45) is 1.04. The molecule has 1 saturated heterocycles. The topological polar surface area (TPSA) is 137 Å². The van der Waals surface area contributed by atoms with Crippen LogP contribution in [0.3, 0.4) is 0 Å². The van der Waals surface area contributed by atoms with Crippen molar-refractivity contribution in [1.82, 2.24) is 10.2 Å². The van der Waals surface area contributed by atoms with Gasteiger partial charge in [-0.2, -0.15) is 0 Å². The van der Waals surface area contributed by atoms with E-state index in [2.05, 4.69) is 17.3 Å². The molecule has 4 aromatic rings. The number of hydrogen-bond donors (Lipinski definition) is 4. The highest BCUT2D eigenvalue weighted by atomic mass is 32.1. The summed E-state index contributed by atoms with van der Waals surface area (Å²) in [7, 11) is 2.08. The Labute approximate surface area is 237 Å². The number of nitrogens with zero attached hydrogens (tertiary/aromatic N) is 1. The SMILES string of the molecule is Cc1cc(Oc2ccccc2)ccc1C1(N)C(=O)C(N)c2c(C(=O)NCC3CCN(C)C3)sc3c(N)ccc1c23. The Bertz CT molecular complexity index is 1640. The standard InChI is InChI=1S/C31H33N5O3S/c1-17-14-20(39-19-6-4-3-5-7-19)8-9-21(17)31(34)22-10-11-23(32)27-24(22)25(26(33)29(31)37)28(40-27)30(38)35-15-18-12-13-36(2)16-18/h3-11,14,18,26H,12-13,15-16,32-34H2,1-2H3,(H,35,38). The fourth-order valence-electron chi connectivity index (χ4n) is 6.10. The van der Waals surface area contributed by atoms with Crippen LogP contribution in [0.25, 0.3) is 10.1 Å². The summed E-state index contributed by atoms with van der Waals surface area (Å²) in [5.74, 6) is 1.14. The Balaban J connectivity index is 1.40. The number of Topliss-reactive ketones (excluding diaryl/α,β-unsaturated/α-hetero) is 1. The van der Waals surface area contributed by atoms with Crippen LogP contribution in [0.15, 0.2) is 60.7 Å². The number of nitrogens with one attached hydrogen (secondary N) is 1. The van der Waals surface area contributed by atoms with Crippen LogP contribution >= 0.6 is 11.3 Å². The van der Waals surface area contributed by atoms with Crippen molar-refractivity contribution in [3.05, 3.63) is 87.8 Å². The van der Waals surface area contributed by atoms with Gasteiger partial charge < -0.3 is 32.2 Å². The molecule has 1 fully saturated rings. The normalized spacial score (nSPS) is 22.6. The molecule has 3 atom stereocenters. The van der Waals surface area contributed by atoms with E-state index in [0.717, 1.165) is 29.8 Å². The van der Waals surface area contributed by atoms with Crippen molar-refractivity contribution < 1.29 is 14.3 Å². The van der Waals surface area contributed by atoms with Crippen LogP contribution < -0.4 is 27.3 Å². The lowest BCUT2D eigenvalue weighted by molar-refractivity contribution is -0.124. The van der Waals surface area contributed by atoms with E-state index in [-0.39, 0.29) is 11.7 Å². The molecule has 3 aromatic carbocycles. The molecule has 0 bridgehead atoms. The molecule has 8 nitrogen and oxygen atoms in total. The van der Waals surface area contributed by atoms with Gasteiger partial charge in [-0.3, -0.25) is 9.59 Å². The molecule has 1 amide bonds. The summed E-state index contributed by atoms with van der Waals surface area (Å²) >= 11 is 1.27. The van der Waals surface area contributed by atoms with Gasteiger partial charge in [-0.15, -0.1) is 11.3 Å². The van der Waals surface area contributed by atoms with E-state index in [1.54, 1.807) is 18.2 Å². The summed E-state index contributed by atoms with van der Waals surface area (Å²) in [5, 5.41) is 3.78. The minimum atomic E-state index is -1.52. The van der Waals surface area contributed by atoms with E-state index in [0.29, 0.717) is 56.6 Å². The van der Waals surface area contributed by atoms with Gasteiger partial charge in [0.2, 0.25) is 0 Å². The fraction of sp³-hybridized carbons (Fsp3) is 0.290. The number of ketones is 1. The van der Waals surface area contributed by atoms with Crippen molar-refractivity contribution >= 4 is 38.8 Å². The van der Waals surface area contributed by atoms with Gasteiger partial charge in [0, 0.05) is 29.7 Å². The van der Waals surface area contributed by atoms with E-state index in [9.17, 15) is 9.59 Å². The summed E-state index contributed by atoms with van der Waals surface area (Å²) in [5.41, 5.74) is 21.6. The molecule has 3 unspecified atom stereocenters. The number of para-hydroxylation sites is 1. The monoisotopic (exact) mass is 555 g/mol. The average Bonchev–Trinajstić information content (AvgIpc) is 3.55. The minimum absolute atomic E-state index is 0.234. The zero-order chi connectivity index (χ0) is 28.2. The highest BCUT2D eigenvalue weighted by Crippen LogP contribution is 2.50. The van der Waals surface area contributed by atoms with Gasteiger partial charge in [0.25, 0.3) is 5.91 Å². The van der Waals surface area contributed by atoms with Crippen molar-refractivity contribution in [2.24, 2.45) is 17.4 Å². The zero-order valence-electron chi connectivity index (χ0n) is 22.6. The zero-order valence-corrected chi connectivity index (χ0v) is 23.4. The van der Waals surface area contributed by atoms with Gasteiger partial charge in [-0.05, 0) is 79.9 Å². The number of anilines is 1. The predicted molar refractivity (Wildman–Crippen MR) is 159 cm³/mol. The maximum absolute atomic E-state index is 14.1. The van der Waals surface area contributed by atoms with Gasteiger partial charge in [0.15, 0.2) is 5.78 Å². The van der Waals surface area contributed by atoms with Gasteiger partial charge in [0.1, 0.15) is 17.0 Å². The number of thiophene rings is 1. The third kappa shape index (κ3) is 4.26. The predicted octanol–water partition coefficient (Wildman–Crippen LogP) is 4.05. The minimum Gasteiger partial charge on any atom is -0.457 e. The number of aryl methyl sites for hydroxylation is 1. The number of carbonyl (C=O) groups excluding carboxylic acids is 2. The second-order valence-electron chi connectivity index (χ2n) is 10.9. The molecule has 206 valence electrons. The van der Waals surface area contributed by atoms with Crippen molar-refractivity contribution in [3.63, 3.8) is 0 Å². The number of benzene rings is 3. The Hall–Kier alpha value is -3.76. The van der Waals surface area contributed by atoms with E-state index >= 15 is 0 Å². The Morgan fingerprint density at radius 3 is 2.58 bits per heavy atom. The molecule has 0 spiro atoms. The van der Waals surface area contributed by atoms with Crippen LogP contribution in [0.2, 0.25) is 0 Å². The first-order valence-corrected chi connectivity index (χ1v) is 14.2. The lowest BCUT2D eigenvalue weighted by Gasteiger charge is -2.37. The molecule has 7 N–H and O–H groups in total. The van der Waals surface area contributed by atoms with Crippen molar-refractivity contribution in [2.75, 3.05) is 32.4 Å². The van der Waals surface area contributed by atoms with Gasteiger partial charge >= 0.3 is 0 Å². The molecular formula is C31H33N5O3S. The number of likely N-dealkylation sites (tertiary alicyclic amines) is 1. The lowest BCUT2D eigenvalue weighted by Crippen LogP contribution is -2.53. The summed E-state index contributed by atoms with van der Waals surface area (Å²) < 4.78 is 6.72. The summed E-state index contributed by atoms with van der Waals surface area (Å²) in [6, 6.07) is 17.4. The van der Waals surface area contributed by atoms with Gasteiger partial charge in [-0.1, -0.05) is 30.3 Å². The summed E-state index contributed by atoms with van der Waals surface area (Å²) in [6.45, 7) is 4.43.